The summed E-state index contributed by atoms with van der Waals surface area (Å²) in [4.78, 5) is 24.1. The van der Waals surface area contributed by atoms with E-state index in [-0.39, 0.29) is 11.8 Å². The van der Waals surface area contributed by atoms with Gasteiger partial charge in [0, 0.05) is 12.8 Å². The van der Waals surface area contributed by atoms with Gasteiger partial charge in [-0.3, -0.25) is 14.5 Å². The molecule has 4 nitrogen and oxygen atoms in total. The number of hydrogen-bond donors (Lipinski definition) is 0. The lowest BCUT2D eigenvalue weighted by Gasteiger charge is -2.14. The highest BCUT2D eigenvalue weighted by Crippen LogP contribution is 2.18. The molecule has 84 valence electrons. The van der Waals surface area contributed by atoms with Gasteiger partial charge in [-0.05, 0) is 17.7 Å². The minimum Gasteiger partial charge on any atom is -0.497 e. The fraction of sp³-hybridized carbons (Fsp3) is 0.333. The quantitative estimate of drug-likeness (QED) is 0.721. The zero-order chi connectivity index (χ0) is 11.5. The van der Waals surface area contributed by atoms with Crippen molar-refractivity contribution in [2.24, 2.45) is 0 Å². The molecule has 1 aromatic rings. The lowest BCUT2D eigenvalue weighted by atomic mass is 10.2. The van der Waals surface area contributed by atoms with Crippen LogP contribution >= 0.6 is 0 Å². The van der Waals surface area contributed by atoms with Crippen molar-refractivity contribution in [3.05, 3.63) is 29.8 Å². The van der Waals surface area contributed by atoms with E-state index in [4.69, 9.17) is 4.74 Å². The second-order valence-corrected chi connectivity index (χ2v) is 3.73. The molecule has 1 aliphatic heterocycles. The number of amides is 2. The first-order valence-corrected chi connectivity index (χ1v) is 5.17. The smallest absolute Gasteiger partial charge is 0.229 e. The van der Waals surface area contributed by atoms with Gasteiger partial charge in [-0.25, -0.2) is 0 Å². The molecule has 0 atom stereocenters. The lowest BCUT2D eigenvalue weighted by molar-refractivity contribution is -0.139. The van der Waals surface area contributed by atoms with Crippen LogP contribution < -0.4 is 4.74 Å². The number of carbonyl (C=O) groups is 2. The second kappa shape index (κ2) is 4.35. The molecule has 1 aliphatic rings. The monoisotopic (exact) mass is 219 g/mol. The van der Waals surface area contributed by atoms with Crippen LogP contribution in [0.3, 0.4) is 0 Å². The fourth-order valence-electron chi connectivity index (χ4n) is 1.75. The molecule has 0 unspecified atom stereocenters. The maximum Gasteiger partial charge on any atom is 0.229 e. The number of methoxy groups -OCH3 is 1. The zero-order valence-electron chi connectivity index (χ0n) is 9.10. The minimum absolute atomic E-state index is 0.0900. The molecule has 1 aromatic carbocycles. The van der Waals surface area contributed by atoms with Crippen molar-refractivity contribution in [3.8, 4) is 5.75 Å². The third-order valence-corrected chi connectivity index (χ3v) is 2.63. The predicted molar refractivity (Wildman–Crippen MR) is 57.8 cm³/mol. The number of likely N-dealkylation sites (tertiary alicyclic amines) is 1. The van der Waals surface area contributed by atoms with Gasteiger partial charge >= 0.3 is 0 Å². The summed E-state index contributed by atoms with van der Waals surface area (Å²) in [6.45, 7) is 0.342. The van der Waals surface area contributed by atoms with Gasteiger partial charge in [-0.2, -0.15) is 0 Å². The summed E-state index contributed by atoms with van der Waals surface area (Å²) in [5.74, 6) is 0.553. The molecule has 2 amide bonds. The van der Waals surface area contributed by atoms with E-state index < -0.39 is 0 Å². The molecule has 0 bridgehead atoms. The third kappa shape index (κ3) is 2.05. The normalized spacial score (nSPS) is 15.7. The Hall–Kier alpha value is -1.84. The maximum absolute atomic E-state index is 11.4. The van der Waals surface area contributed by atoms with E-state index in [1.54, 1.807) is 7.11 Å². The number of carbonyl (C=O) groups excluding carboxylic acids is 2. The summed E-state index contributed by atoms with van der Waals surface area (Å²) in [7, 11) is 1.59. The van der Waals surface area contributed by atoms with E-state index in [9.17, 15) is 9.59 Å². The number of rotatable bonds is 3. The van der Waals surface area contributed by atoms with Crippen molar-refractivity contribution >= 4 is 11.8 Å². The summed E-state index contributed by atoms with van der Waals surface area (Å²) < 4.78 is 5.08. The Morgan fingerprint density at radius 3 is 2.56 bits per heavy atom. The number of hydrogen-bond acceptors (Lipinski definition) is 3. The topological polar surface area (TPSA) is 46.6 Å². The molecule has 0 saturated carbocycles. The SMILES string of the molecule is COc1cccc(CN2C(=O)CCC2=O)c1. The highest BCUT2D eigenvalue weighted by Gasteiger charge is 2.28. The Balaban J connectivity index is 2.14. The van der Waals surface area contributed by atoms with Gasteiger partial charge in [-0.15, -0.1) is 0 Å². The molecule has 1 saturated heterocycles. The second-order valence-electron chi connectivity index (χ2n) is 3.73. The molecule has 0 aromatic heterocycles. The maximum atomic E-state index is 11.4. The van der Waals surface area contributed by atoms with Gasteiger partial charge in [-0.1, -0.05) is 12.1 Å². The van der Waals surface area contributed by atoms with Crippen molar-refractivity contribution in [1.29, 1.82) is 0 Å². The van der Waals surface area contributed by atoms with Crippen molar-refractivity contribution < 1.29 is 14.3 Å². The van der Waals surface area contributed by atoms with Crippen LogP contribution in [0.1, 0.15) is 18.4 Å². The number of ether oxygens (including phenoxy) is 1. The molecule has 0 aliphatic carbocycles. The van der Waals surface area contributed by atoms with Crippen LogP contribution in [0.2, 0.25) is 0 Å². The van der Waals surface area contributed by atoms with Gasteiger partial charge in [0.15, 0.2) is 0 Å². The van der Waals surface area contributed by atoms with Crippen molar-refractivity contribution in [2.75, 3.05) is 7.11 Å². The fourth-order valence-corrected chi connectivity index (χ4v) is 1.75. The average molecular weight is 219 g/mol. The summed E-state index contributed by atoms with van der Waals surface area (Å²) in [6.07, 6.45) is 0.672. The van der Waals surface area contributed by atoms with E-state index in [0.29, 0.717) is 19.4 Å². The molecule has 0 spiro atoms. The summed E-state index contributed by atoms with van der Waals surface area (Å²) in [5.41, 5.74) is 0.906. The molecule has 2 rings (SSSR count). The van der Waals surface area contributed by atoms with Crippen molar-refractivity contribution in [3.63, 3.8) is 0 Å². The first kappa shape index (κ1) is 10.7. The highest BCUT2D eigenvalue weighted by atomic mass is 16.5. The molecule has 1 fully saturated rings. The number of imide groups is 1. The molecule has 4 heteroatoms. The predicted octanol–water partition coefficient (Wildman–Crippen LogP) is 1.34. The van der Waals surface area contributed by atoms with Gasteiger partial charge in [0.2, 0.25) is 11.8 Å². The van der Waals surface area contributed by atoms with E-state index >= 15 is 0 Å². The van der Waals surface area contributed by atoms with Crippen LogP contribution in [0, 0.1) is 0 Å². The minimum atomic E-state index is -0.0900. The van der Waals surface area contributed by atoms with Crippen LogP contribution in [0.4, 0.5) is 0 Å². The highest BCUT2D eigenvalue weighted by molar-refractivity contribution is 6.01. The molecular weight excluding hydrogens is 206 g/mol. The van der Waals surface area contributed by atoms with E-state index in [0.717, 1.165) is 11.3 Å². The molecule has 0 radical (unpaired) electrons. The Bertz CT molecular complexity index is 412. The Kier molecular flexibility index (Phi) is 2.90. The van der Waals surface area contributed by atoms with Crippen molar-refractivity contribution in [2.45, 2.75) is 19.4 Å². The Labute approximate surface area is 93.8 Å². The third-order valence-electron chi connectivity index (χ3n) is 2.63. The first-order chi connectivity index (χ1) is 7.70. The number of nitrogens with zero attached hydrogens (tertiary/aromatic N) is 1. The van der Waals surface area contributed by atoms with E-state index in [1.807, 2.05) is 24.3 Å². The molecule has 0 N–H and O–H groups in total. The molecule has 1 heterocycles. The Morgan fingerprint density at radius 2 is 1.94 bits per heavy atom. The standard InChI is InChI=1S/C12H13NO3/c1-16-10-4-2-3-9(7-10)8-13-11(14)5-6-12(13)15/h2-4,7H,5-6,8H2,1H3. The van der Waals surface area contributed by atoms with Crippen LogP contribution in [0.25, 0.3) is 0 Å². The van der Waals surface area contributed by atoms with Gasteiger partial charge in [0.1, 0.15) is 5.75 Å². The summed E-state index contributed by atoms with van der Waals surface area (Å²) >= 11 is 0. The largest absolute Gasteiger partial charge is 0.497 e. The Morgan fingerprint density at radius 1 is 1.25 bits per heavy atom. The van der Waals surface area contributed by atoms with Crippen LogP contribution in [-0.4, -0.2) is 23.8 Å². The van der Waals surface area contributed by atoms with Crippen LogP contribution in [0.5, 0.6) is 5.75 Å². The number of benzene rings is 1. The van der Waals surface area contributed by atoms with Gasteiger partial charge in [0.25, 0.3) is 0 Å². The van der Waals surface area contributed by atoms with Crippen LogP contribution in [-0.2, 0) is 16.1 Å². The molecular formula is C12H13NO3. The lowest BCUT2D eigenvalue weighted by Crippen LogP contribution is -2.28. The first-order valence-electron chi connectivity index (χ1n) is 5.17. The average Bonchev–Trinajstić information content (AvgIpc) is 2.61. The zero-order valence-corrected chi connectivity index (χ0v) is 9.10. The summed E-state index contributed by atoms with van der Waals surface area (Å²) in [6, 6.07) is 7.39. The van der Waals surface area contributed by atoms with E-state index in [2.05, 4.69) is 0 Å². The molecule has 16 heavy (non-hydrogen) atoms. The van der Waals surface area contributed by atoms with Gasteiger partial charge < -0.3 is 4.74 Å². The van der Waals surface area contributed by atoms with Crippen molar-refractivity contribution in [1.82, 2.24) is 4.90 Å². The van der Waals surface area contributed by atoms with Crippen LogP contribution in [0.15, 0.2) is 24.3 Å². The van der Waals surface area contributed by atoms with Gasteiger partial charge in [0.05, 0.1) is 13.7 Å². The van der Waals surface area contributed by atoms with E-state index in [1.165, 1.54) is 4.90 Å². The summed E-state index contributed by atoms with van der Waals surface area (Å²) in [5, 5.41) is 0.